The van der Waals surface area contributed by atoms with Crippen LogP contribution in [0, 0.1) is 13.8 Å². The third-order valence-corrected chi connectivity index (χ3v) is 19.4. The van der Waals surface area contributed by atoms with Crippen molar-refractivity contribution in [2.45, 2.75) is 169 Å². The average Bonchev–Trinajstić information content (AvgIpc) is 3.33. The van der Waals surface area contributed by atoms with Gasteiger partial charge in [0.05, 0.1) is 11.1 Å². The van der Waals surface area contributed by atoms with Gasteiger partial charge in [0, 0.05) is 50.8 Å². The lowest BCUT2D eigenvalue weighted by Crippen LogP contribution is -2.61. The number of hydrogen-bond donors (Lipinski definition) is 0. The maximum atomic E-state index is 6.91. The van der Waals surface area contributed by atoms with Crippen molar-refractivity contribution in [1.82, 2.24) is 0 Å². The Balaban J connectivity index is 1.13. The number of nitrogens with zero attached hydrogens (tertiary/aromatic N) is 3. The van der Waals surface area contributed by atoms with Crippen molar-refractivity contribution in [3.05, 3.63) is 190 Å². The highest BCUT2D eigenvalue weighted by Gasteiger charge is 2.48. The fourth-order valence-electron chi connectivity index (χ4n) is 14.4. The fraction of sp³-hybridized carbons (Fsp3) is 0.351. The molecule has 0 fully saturated rings. The van der Waals surface area contributed by atoms with E-state index in [9.17, 15) is 0 Å². The summed E-state index contributed by atoms with van der Waals surface area (Å²) in [6.45, 7) is 37.9. The molecule has 0 spiro atoms. The predicted octanol–water partition coefficient (Wildman–Crippen LogP) is 19.7. The minimum atomic E-state index is -0.186. The van der Waals surface area contributed by atoms with E-state index >= 15 is 0 Å². The summed E-state index contributed by atoms with van der Waals surface area (Å²) in [6, 6.07) is 57.0. The number of benzene rings is 8. The van der Waals surface area contributed by atoms with Crippen LogP contribution in [-0.2, 0) is 32.5 Å². The zero-order valence-corrected chi connectivity index (χ0v) is 50.0. The first-order chi connectivity index (χ1) is 37.2. The first-order valence-corrected chi connectivity index (χ1v) is 29.4. The molecule has 79 heavy (non-hydrogen) atoms. The molecule has 0 bridgehead atoms. The van der Waals surface area contributed by atoms with Gasteiger partial charge >= 0.3 is 6.85 Å². The van der Waals surface area contributed by atoms with E-state index in [0.29, 0.717) is 0 Å². The Morgan fingerprint density at radius 2 is 1.04 bits per heavy atom. The van der Waals surface area contributed by atoms with Crippen molar-refractivity contribution in [2.75, 3.05) is 14.6 Å². The molecule has 0 amide bonds. The lowest BCUT2D eigenvalue weighted by molar-refractivity contribution is 0.332. The third-order valence-electron chi connectivity index (χ3n) is 19.4. The van der Waals surface area contributed by atoms with E-state index in [2.05, 4.69) is 271 Å². The van der Waals surface area contributed by atoms with Crippen LogP contribution in [0.25, 0.3) is 33.1 Å². The molecule has 400 valence electrons. The number of anilines is 8. The van der Waals surface area contributed by atoms with Crippen molar-refractivity contribution < 1.29 is 4.42 Å². The molecular formula is C74H80BN3O. The molecule has 8 aromatic carbocycles. The van der Waals surface area contributed by atoms with E-state index < -0.39 is 0 Å². The molecular weight excluding hydrogens is 958 g/mol. The van der Waals surface area contributed by atoms with E-state index in [1.807, 2.05) is 0 Å². The molecule has 0 N–H and O–H groups in total. The molecule has 4 nitrogen and oxygen atoms in total. The highest BCUT2D eigenvalue weighted by atomic mass is 16.3. The van der Waals surface area contributed by atoms with Gasteiger partial charge in [0.2, 0.25) is 0 Å². The number of aryl methyl sites for hydroxylation is 2. The smallest absolute Gasteiger partial charge is 0.333 e. The summed E-state index contributed by atoms with van der Waals surface area (Å²) in [7, 11) is 0. The van der Waals surface area contributed by atoms with Gasteiger partial charge < -0.3 is 19.0 Å². The van der Waals surface area contributed by atoms with Crippen molar-refractivity contribution in [3.8, 4) is 11.1 Å². The molecule has 0 unspecified atom stereocenters. The van der Waals surface area contributed by atoms with E-state index in [0.717, 1.165) is 51.8 Å². The molecule has 0 saturated carbocycles. The highest BCUT2D eigenvalue weighted by molar-refractivity contribution is 6.94. The maximum Gasteiger partial charge on any atom is 0.333 e. The summed E-state index contributed by atoms with van der Waals surface area (Å²) in [5.41, 5.74) is 27.7. The average molecular weight is 1040 g/mol. The van der Waals surface area contributed by atoms with Crippen molar-refractivity contribution in [3.63, 3.8) is 0 Å². The zero-order valence-electron chi connectivity index (χ0n) is 50.0. The van der Waals surface area contributed by atoms with Crippen molar-refractivity contribution in [1.29, 1.82) is 0 Å². The Bertz CT molecular complexity index is 3910. The number of rotatable bonds is 5. The van der Waals surface area contributed by atoms with Gasteiger partial charge in [0.25, 0.3) is 0 Å². The van der Waals surface area contributed by atoms with Crippen LogP contribution in [0.15, 0.2) is 150 Å². The summed E-state index contributed by atoms with van der Waals surface area (Å²) in [5.74, 6) is 0. The minimum absolute atomic E-state index is 0.00615. The van der Waals surface area contributed by atoms with Crippen LogP contribution < -0.4 is 25.5 Å². The molecule has 5 heteroatoms. The maximum absolute atomic E-state index is 6.91. The van der Waals surface area contributed by atoms with Crippen LogP contribution in [0.3, 0.4) is 0 Å². The van der Waals surface area contributed by atoms with Crippen LogP contribution in [-0.4, -0.2) is 6.85 Å². The minimum Gasteiger partial charge on any atom is -0.456 e. The van der Waals surface area contributed by atoms with E-state index in [1.165, 1.54) is 108 Å². The fourth-order valence-corrected chi connectivity index (χ4v) is 14.4. The molecule has 3 heterocycles. The Morgan fingerprint density at radius 1 is 0.481 bits per heavy atom. The molecule has 2 aliphatic carbocycles. The predicted molar refractivity (Wildman–Crippen MR) is 340 cm³/mol. The van der Waals surface area contributed by atoms with Crippen LogP contribution in [0.4, 0.5) is 45.5 Å². The largest absolute Gasteiger partial charge is 0.456 e. The summed E-state index contributed by atoms with van der Waals surface area (Å²) in [5, 5.41) is 2.30. The number of fused-ring (bicyclic) bond motifs is 10. The standard InChI is InChI=1S/C74H80BN3O/c1-45-39-55-53-31-29-51(76(49-25-21-47(22-26-49)69(3,4)5)50-27-23-48(24-28-50)70(6,7)8)43-62(53)78(52-30-32-56-58(42-52)73(13,14)36-35-71(56,9)10)75-60-33-34-65-66(54-19-17-18-20-64(54)79-65)68(60)77(63(40-45)67(55)75)61-44-59-57(41-46(61)2)72(11,12)37-38-74(59,15)16/h17-34,39-44H,35-38H2,1-16H3. The lowest BCUT2D eigenvalue weighted by Gasteiger charge is -2.48. The molecule has 9 aromatic rings. The van der Waals surface area contributed by atoms with Gasteiger partial charge in [-0.2, -0.15) is 0 Å². The van der Waals surface area contributed by atoms with Crippen molar-refractivity contribution >= 4 is 85.2 Å². The first kappa shape index (κ1) is 51.5. The Labute approximate surface area is 472 Å². The highest BCUT2D eigenvalue weighted by Crippen LogP contribution is 2.55. The van der Waals surface area contributed by atoms with Crippen LogP contribution in [0.1, 0.15) is 167 Å². The quantitative estimate of drug-likeness (QED) is 0.160. The normalized spacial score (nSPS) is 17.5. The monoisotopic (exact) mass is 1040 g/mol. The van der Waals surface area contributed by atoms with Crippen molar-refractivity contribution in [2.24, 2.45) is 0 Å². The van der Waals surface area contributed by atoms with Crippen LogP contribution in [0.2, 0.25) is 0 Å². The Kier molecular flexibility index (Phi) is 11.2. The molecule has 13 rings (SSSR count). The van der Waals surface area contributed by atoms with E-state index in [1.54, 1.807) is 0 Å². The molecule has 0 atom stereocenters. The van der Waals surface area contributed by atoms with E-state index in [-0.39, 0.29) is 39.3 Å². The first-order valence-electron chi connectivity index (χ1n) is 29.4. The SMILES string of the molecule is Cc1cc2c3c(c1)N(c1cc4c(cc1C)C(C)(C)CCC4(C)C)c1c(ccc4oc5ccccc5c14)B3N(c1ccc3c(c1)C(C)(C)CCC3(C)C)c1cc(N(c3ccc(C(C)(C)C)cc3)c3ccc(C(C)(C)C)cc3)ccc1-2. The van der Waals surface area contributed by atoms with Gasteiger partial charge in [-0.1, -0.05) is 170 Å². The molecule has 1 aromatic heterocycles. The Morgan fingerprint density at radius 3 is 1.65 bits per heavy atom. The Hall–Kier alpha value is -6.98. The summed E-state index contributed by atoms with van der Waals surface area (Å²) >= 11 is 0. The third kappa shape index (κ3) is 8.05. The summed E-state index contributed by atoms with van der Waals surface area (Å²) in [6.07, 6.45) is 4.63. The number of furan rings is 1. The second-order valence-electron chi connectivity index (χ2n) is 28.9. The van der Waals surface area contributed by atoms with Crippen LogP contribution in [0.5, 0.6) is 0 Å². The number of para-hydroxylation sites is 1. The summed E-state index contributed by atoms with van der Waals surface area (Å²) < 4.78 is 6.91. The second kappa shape index (κ2) is 17.3. The molecule has 2 aliphatic heterocycles. The van der Waals surface area contributed by atoms with Gasteiger partial charge in [-0.3, -0.25) is 0 Å². The molecule has 4 aliphatic rings. The lowest BCUT2D eigenvalue weighted by atomic mass is 9.43. The zero-order chi connectivity index (χ0) is 55.7. The van der Waals surface area contributed by atoms with Gasteiger partial charge in [-0.25, -0.2) is 0 Å². The molecule has 0 saturated heterocycles. The number of hydrogen-bond acceptors (Lipinski definition) is 4. The van der Waals surface area contributed by atoms with Gasteiger partial charge in [-0.15, -0.1) is 0 Å². The summed E-state index contributed by atoms with van der Waals surface area (Å²) in [4.78, 5) is 7.90. The van der Waals surface area contributed by atoms with Gasteiger partial charge in [-0.05, 0) is 206 Å². The second-order valence-corrected chi connectivity index (χ2v) is 28.9. The van der Waals surface area contributed by atoms with Crippen LogP contribution >= 0.6 is 0 Å². The van der Waals surface area contributed by atoms with Gasteiger partial charge in [0.15, 0.2) is 0 Å². The molecule has 0 radical (unpaired) electrons. The van der Waals surface area contributed by atoms with Gasteiger partial charge in [0.1, 0.15) is 11.2 Å². The topological polar surface area (TPSA) is 22.9 Å². The van der Waals surface area contributed by atoms with E-state index in [4.69, 9.17) is 4.42 Å².